The highest BCUT2D eigenvalue weighted by Gasteiger charge is 2.22. The third kappa shape index (κ3) is 5.03. The Kier molecular flexibility index (Phi) is 4.97. The number of pyridine rings is 1. The number of alkyl carbamates (subject to hydrolysis) is 1. The van der Waals surface area contributed by atoms with Gasteiger partial charge in [-0.15, -0.1) is 0 Å². The fraction of sp³-hybridized carbons (Fsp3) is 0.462. The maximum absolute atomic E-state index is 13.6. The van der Waals surface area contributed by atoms with Gasteiger partial charge in [-0.05, 0) is 26.8 Å². The van der Waals surface area contributed by atoms with E-state index in [1.807, 2.05) is 0 Å². The maximum atomic E-state index is 13.6. The molecule has 1 aromatic rings. The van der Waals surface area contributed by atoms with Gasteiger partial charge in [0.05, 0.1) is 12.2 Å². The Morgan fingerprint density at radius 3 is 2.79 bits per heavy atom. The molecule has 0 radical (unpaired) electrons. The second-order valence-corrected chi connectivity index (χ2v) is 5.00. The zero-order valence-electron chi connectivity index (χ0n) is 11.1. The van der Waals surface area contributed by atoms with Gasteiger partial charge in [-0.25, -0.2) is 9.18 Å². The Bertz CT molecular complexity index is 457. The molecule has 1 amide bonds. The van der Waals surface area contributed by atoms with Crippen LogP contribution >= 0.6 is 0 Å². The van der Waals surface area contributed by atoms with Gasteiger partial charge in [-0.2, -0.15) is 0 Å². The predicted octanol–water partition coefficient (Wildman–Crippen LogP) is 2.38. The van der Waals surface area contributed by atoms with Crippen molar-refractivity contribution < 1.29 is 18.7 Å². The van der Waals surface area contributed by atoms with Crippen LogP contribution in [0, 0.1) is 5.82 Å². The number of carbonyl (C=O) groups excluding carboxylic acids is 2. The van der Waals surface area contributed by atoms with Crippen molar-refractivity contribution in [2.45, 2.75) is 38.8 Å². The van der Waals surface area contributed by atoms with Gasteiger partial charge in [0.2, 0.25) is 0 Å². The zero-order valence-corrected chi connectivity index (χ0v) is 11.1. The number of hydrogen-bond acceptors (Lipinski definition) is 4. The minimum absolute atomic E-state index is 0.0415. The summed E-state index contributed by atoms with van der Waals surface area (Å²) in [5.41, 5.74) is -0.458. The topological polar surface area (TPSA) is 68.3 Å². The Morgan fingerprint density at radius 2 is 2.26 bits per heavy atom. The first kappa shape index (κ1) is 15.1. The van der Waals surface area contributed by atoms with Crippen molar-refractivity contribution in [1.82, 2.24) is 10.3 Å². The first-order valence-corrected chi connectivity index (χ1v) is 5.86. The highest BCUT2D eigenvalue weighted by atomic mass is 19.1. The van der Waals surface area contributed by atoms with E-state index in [0.717, 1.165) is 6.20 Å². The number of carbonyl (C=O) groups is 2. The van der Waals surface area contributed by atoms with Crippen molar-refractivity contribution in [2.24, 2.45) is 0 Å². The van der Waals surface area contributed by atoms with Gasteiger partial charge in [-0.1, -0.05) is 0 Å². The van der Waals surface area contributed by atoms with Crippen molar-refractivity contribution >= 4 is 12.4 Å². The van der Waals surface area contributed by atoms with Crippen molar-refractivity contribution in [1.29, 1.82) is 0 Å². The van der Waals surface area contributed by atoms with E-state index in [4.69, 9.17) is 4.74 Å². The fourth-order valence-electron chi connectivity index (χ4n) is 1.48. The smallest absolute Gasteiger partial charge is 0.408 e. The van der Waals surface area contributed by atoms with Crippen molar-refractivity contribution in [3.05, 3.63) is 29.8 Å². The Morgan fingerprint density at radius 1 is 1.58 bits per heavy atom. The summed E-state index contributed by atoms with van der Waals surface area (Å²) in [4.78, 5) is 25.9. The van der Waals surface area contributed by atoms with E-state index in [0.29, 0.717) is 6.29 Å². The number of amides is 1. The Labute approximate surface area is 111 Å². The first-order chi connectivity index (χ1) is 8.83. The van der Waals surface area contributed by atoms with Crippen LogP contribution in [-0.2, 0) is 9.53 Å². The molecule has 0 saturated carbocycles. The number of hydrogen-bond donors (Lipinski definition) is 1. The van der Waals surface area contributed by atoms with Crippen molar-refractivity contribution in [2.75, 3.05) is 0 Å². The number of rotatable bonds is 4. The zero-order chi connectivity index (χ0) is 14.5. The molecule has 1 aromatic heterocycles. The highest BCUT2D eigenvalue weighted by Crippen LogP contribution is 2.19. The van der Waals surface area contributed by atoms with Gasteiger partial charge in [-0.3, -0.25) is 4.98 Å². The number of aldehydes is 1. The molecule has 104 valence electrons. The molecule has 0 spiro atoms. The summed E-state index contributed by atoms with van der Waals surface area (Å²) >= 11 is 0. The van der Waals surface area contributed by atoms with E-state index in [1.165, 1.54) is 12.3 Å². The lowest BCUT2D eigenvalue weighted by atomic mass is 10.1. The summed E-state index contributed by atoms with van der Waals surface area (Å²) in [5.74, 6) is -0.578. The highest BCUT2D eigenvalue weighted by molar-refractivity contribution is 5.69. The Hall–Kier alpha value is -1.98. The number of aromatic nitrogens is 1. The minimum atomic E-state index is -0.768. The van der Waals surface area contributed by atoms with E-state index >= 15 is 0 Å². The largest absolute Gasteiger partial charge is 0.444 e. The van der Waals surface area contributed by atoms with Crippen LogP contribution in [0.25, 0.3) is 0 Å². The molecular formula is C13H17FN2O3. The molecule has 1 heterocycles. The van der Waals surface area contributed by atoms with E-state index in [-0.39, 0.29) is 12.0 Å². The number of nitrogens with zero attached hydrogens (tertiary/aromatic N) is 1. The van der Waals surface area contributed by atoms with Crippen molar-refractivity contribution in [3.8, 4) is 0 Å². The van der Waals surface area contributed by atoms with Crippen LogP contribution < -0.4 is 5.32 Å². The molecule has 19 heavy (non-hydrogen) atoms. The number of nitrogens with one attached hydrogen (secondary N) is 1. The lowest BCUT2D eigenvalue weighted by Gasteiger charge is -2.23. The van der Waals surface area contributed by atoms with Crippen LogP contribution in [0.15, 0.2) is 18.5 Å². The van der Waals surface area contributed by atoms with E-state index in [2.05, 4.69) is 10.3 Å². The Balaban J connectivity index is 2.82. The number of halogens is 1. The fourth-order valence-corrected chi connectivity index (χ4v) is 1.48. The molecule has 5 nitrogen and oxygen atoms in total. The average Bonchev–Trinajstić information content (AvgIpc) is 2.26. The monoisotopic (exact) mass is 268 g/mol. The van der Waals surface area contributed by atoms with Crippen LogP contribution in [0.3, 0.4) is 0 Å². The summed E-state index contributed by atoms with van der Waals surface area (Å²) < 4.78 is 18.7. The number of ether oxygens (including phenoxy) is 1. The maximum Gasteiger partial charge on any atom is 0.408 e. The summed E-state index contributed by atoms with van der Waals surface area (Å²) in [6.07, 6.45) is 2.30. The quantitative estimate of drug-likeness (QED) is 0.851. The first-order valence-electron chi connectivity index (χ1n) is 5.86. The summed E-state index contributed by atoms with van der Waals surface area (Å²) in [5, 5.41) is 2.47. The van der Waals surface area contributed by atoms with Gasteiger partial charge < -0.3 is 14.8 Å². The molecule has 0 aliphatic carbocycles. The normalized spacial score (nSPS) is 12.6. The molecule has 0 aliphatic rings. The lowest BCUT2D eigenvalue weighted by Crippen LogP contribution is -2.35. The summed E-state index contributed by atoms with van der Waals surface area (Å²) in [7, 11) is 0. The lowest BCUT2D eigenvalue weighted by molar-refractivity contribution is -0.108. The van der Waals surface area contributed by atoms with Crippen LogP contribution in [0.5, 0.6) is 0 Å². The molecular weight excluding hydrogens is 251 g/mol. The average molecular weight is 268 g/mol. The van der Waals surface area contributed by atoms with Gasteiger partial charge in [0.25, 0.3) is 0 Å². The molecule has 0 unspecified atom stereocenters. The molecule has 0 bridgehead atoms. The van der Waals surface area contributed by atoms with Crippen LogP contribution in [0.1, 0.15) is 38.8 Å². The van der Waals surface area contributed by atoms with E-state index < -0.39 is 23.6 Å². The second kappa shape index (κ2) is 6.26. The SMILES string of the molecule is CC(C)(C)OC(=O)N[C@@H](CC=O)c1ccncc1F. The molecule has 0 aromatic carbocycles. The molecule has 0 fully saturated rings. The van der Waals surface area contributed by atoms with Crippen molar-refractivity contribution in [3.63, 3.8) is 0 Å². The standard InChI is InChI=1S/C13H17FN2O3/c1-13(2,3)19-12(18)16-11(5-7-17)9-4-6-15-8-10(9)14/h4,6-8,11H,5H2,1-3H3,(H,16,18)/t11-/m0/s1. The minimum Gasteiger partial charge on any atom is -0.444 e. The predicted molar refractivity (Wildman–Crippen MR) is 67.0 cm³/mol. The van der Waals surface area contributed by atoms with Crippen LogP contribution in [-0.4, -0.2) is 23.0 Å². The third-order valence-electron chi connectivity index (χ3n) is 2.20. The van der Waals surface area contributed by atoms with E-state index in [9.17, 15) is 14.0 Å². The summed E-state index contributed by atoms with van der Waals surface area (Å²) in [6, 6.07) is 0.649. The van der Waals surface area contributed by atoms with Crippen LogP contribution in [0.2, 0.25) is 0 Å². The van der Waals surface area contributed by atoms with Gasteiger partial charge in [0.1, 0.15) is 17.7 Å². The molecule has 6 heteroatoms. The van der Waals surface area contributed by atoms with Gasteiger partial charge >= 0.3 is 6.09 Å². The molecule has 1 N–H and O–H groups in total. The second-order valence-electron chi connectivity index (χ2n) is 5.00. The molecule has 0 aliphatic heterocycles. The van der Waals surface area contributed by atoms with Crippen LogP contribution in [0.4, 0.5) is 9.18 Å². The van der Waals surface area contributed by atoms with E-state index in [1.54, 1.807) is 20.8 Å². The summed E-state index contributed by atoms with van der Waals surface area (Å²) in [6.45, 7) is 5.15. The molecule has 1 rings (SSSR count). The third-order valence-corrected chi connectivity index (χ3v) is 2.20. The van der Waals surface area contributed by atoms with Gasteiger partial charge in [0.15, 0.2) is 0 Å². The molecule has 1 atom stereocenters. The van der Waals surface area contributed by atoms with Gasteiger partial charge in [0, 0.05) is 18.2 Å². The molecule has 0 saturated heterocycles.